The van der Waals surface area contributed by atoms with E-state index in [1.54, 1.807) is 0 Å². The maximum Gasteiger partial charge on any atom is 0.251 e. The Kier molecular flexibility index (Phi) is 4.32. The van der Waals surface area contributed by atoms with Crippen LogP contribution in [0, 0.1) is 6.92 Å². The first-order valence-electron chi connectivity index (χ1n) is 7.89. The molecule has 0 radical (unpaired) electrons. The van der Waals surface area contributed by atoms with Gasteiger partial charge in [-0.1, -0.05) is 29.8 Å². The molecule has 1 aromatic carbocycles. The fourth-order valence-electron chi connectivity index (χ4n) is 3.19. The van der Waals surface area contributed by atoms with E-state index in [0.29, 0.717) is 26.4 Å². The van der Waals surface area contributed by atoms with Crippen molar-refractivity contribution in [2.24, 2.45) is 0 Å². The van der Waals surface area contributed by atoms with Gasteiger partial charge in [-0.2, -0.15) is 0 Å². The van der Waals surface area contributed by atoms with E-state index in [-0.39, 0.29) is 5.91 Å². The van der Waals surface area contributed by atoms with E-state index in [4.69, 9.17) is 9.47 Å². The van der Waals surface area contributed by atoms with E-state index in [2.05, 4.69) is 19.1 Å². The second-order valence-electron chi connectivity index (χ2n) is 6.10. The van der Waals surface area contributed by atoms with Crippen LogP contribution < -0.4 is 0 Å². The Bertz CT molecular complexity index is 570. The zero-order chi connectivity index (χ0) is 15.6. The Balaban J connectivity index is 1.78. The van der Waals surface area contributed by atoms with Crippen LogP contribution in [0.25, 0.3) is 6.08 Å². The standard InChI is InChI=1S/C18H23NO3/c1-14-3-5-16(6-4-14)13-15(2)17(20)19-9-12-22-18(19)7-10-21-11-8-18/h3-6,13H,7-12H2,1-2H3/b15-13+. The van der Waals surface area contributed by atoms with Crippen molar-refractivity contribution in [3.63, 3.8) is 0 Å². The van der Waals surface area contributed by atoms with E-state index in [1.807, 2.05) is 30.0 Å². The quantitative estimate of drug-likeness (QED) is 0.789. The molecular weight excluding hydrogens is 278 g/mol. The summed E-state index contributed by atoms with van der Waals surface area (Å²) < 4.78 is 11.3. The molecule has 2 aliphatic heterocycles. The Hall–Kier alpha value is -1.65. The van der Waals surface area contributed by atoms with Crippen LogP contribution in [0.1, 0.15) is 30.9 Å². The number of hydrogen-bond donors (Lipinski definition) is 0. The number of carbonyl (C=O) groups is 1. The molecule has 0 atom stereocenters. The van der Waals surface area contributed by atoms with Gasteiger partial charge in [-0.3, -0.25) is 4.79 Å². The number of aryl methyl sites for hydroxylation is 1. The van der Waals surface area contributed by atoms with Gasteiger partial charge < -0.3 is 14.4 Å². The number of hydrogen-bond acceptors (Lipinski definition) is 3. The lowest BCUT2D eigenvalue weighted by molar-refractivity contribution is -0.163. The van der Waals surface area contributed by atoms with E-state index >= 15 is 0 Å². The first-order chi connectivity index (χ1) is 10.6. The number of ether oxygens (including phenoxy) is 2. The lowest BCUT2D eigenvalue weighted by Gasteiger charge is -2.39. The molecule has 118 valence electrons. The number of amides is 1. The van der Waals surface area contributed by atoms with Crippen LogP contribution in [0.15, 0.2) is 29.8 Å². The van der Waals surface area contributed by atoms with Gasteiger partial charge in [0.2, 0.25) is 0 Å². The molecule has 0 bridgehead atoms. The topological polar surface area (TPSA) is 38.8 Å². The molecule has 1 aromatic rings. The summed E-state index contributed by atoms with van der Waals surface area (Å²) in [4.78, 5) is 14.7. The largest absolute Gasteiger partial charge is 0.381 e. The maximum atomic E-state index is 12.8. The van der Waals surface area contributed by atoms with Crippen LogP contribution in [0.3, 0.4) is 0 Å². The first kappa shape index (κ1) is 15.3. The minimum Gasteiger partial charge on any atom is -0.381 e. The van der Waals surface area contributed by atoms with Gasteiger partial charge in [-0.25, -0.2) is 0 Å². The minimum atomic E-state index is -0.447. The van der Waals surface area contributed by atoms with Crippen LogP contribution in [0.4, 0.5) is 0 Å². The summed E-state index contributed by atoms with van der Waals surface area (Å²) in [6, 6.07) is 8.19. The fourth-order valence-corrected chi connectivity index (χ4v) is 3.19. The fraction of sp³-hybridized carbons (Fsp3) is 0.500. The molecule has 2 aliphatic rings. The number of rotatable bonds is 2. The van der Waals surface area contributed by atoms with Crippen molar-refractivity contribution in [3.8, 4) is 0 Å². The molecule has 0 aliphatic carbocycles. The van der Waals surface area contributed by atoms with Gasteiger partial charge >= 0.3 is 0 Å². The molecule has 4 heteroatoms. The van der Waals surface area contributed by atoms with Gasteiger partial charge in [0.1, 0.15) is 5.72 Å². The lowest BCUT2D eigenvalue weighted by atomic mass is 10.0. The smallest absolute Gasteiger partial charge is 0.251 e. The average molecular weight is 301 g/mol. The molecule has 22 heavy (non-hydrogen) atoms. The number of nitrogens with zero attached hydrogens (tertiary/aromatic N) is 1. The highest BCUT2D eigenvalue weighted by molar-refractivity contribution is 5.97. The molecule has 0 unspecified atom stereocenters. The Morgan fingerprint density at radius 1 is 1.18 bits per heavy atom. The number of carbonyl (C=O) groups excluding carboxylic acids is 1. The zero-order valence-corrected chi connectivity index (χ0v) is 13.3. The average Bonchev–Trinajstić information content (AvgIpc) is 2.92. The highest BCUT2D eigenvalue weighted by Crippen LogP contribution is 2.34. The van der Waals surface area contributed by atoms with Crippen molar-refractivity contribution in [1.82, 2.24) is 4.90 Å². The molecule has 2 heterocycles. The van der Waals surface area contributed by atoms with Crippen LogP contribution in [-0.2, 0) is 14.3 Å². The molecule has 0 aromatic heterocycles. The Morgan fingerprint density at radius 3 is 2.55 bits per heavy atom. The summed E-state index contributed by atoms with van der Waals surface area (Å²) >= 11 is 0. The summed E-state index contributed by atoms with van der Waals surface area (Å²) in [5.74, 6) is 0.0694. The Labute approximate surface area is 131 Å². The summed E-state index contributed by atoms with van der Waals surface area (Å²) in [5, 5.41) is 0. The summed E-state index contributed by atoms with van der Waals surface area (Å²) in [6.45, 7) is 6.53. The van der Waals surface area contributed by atoms with E-state index < -0.39 is 5.72 Å². The second kappa shape index (κ2) is 6.23. The summed E-state index contributed by atoms with van der Waals surface area (Å²) in [5.41, 5.74) is 2.57. The second-order valence-corrected chi connectivity index (χ2v) is 6.10. The zero-order valence-electron chi connectivity index (χ0n) is 13.3. The van der Waals surface area contributed by atoms with Crippen molar-refractivity contribution < 1.29 is 14.3 Å². The molecule has 1 amide bonds. The Morgan fingerprint density at radius 2 is 1.86 bits per heavy atom. The van der Waals surface area contributed by atoms with Gasteiger partial charge in [0.25, 0.3) is 5.91 Å². The van der Waals surface area contributed by atoms with Gasteiger partial charge in [-0.15, -0.1) is 0 Å². The molecule has 4 nitrogen and oxygen atoms in total. The van der Waals surface area contributed by atoms with Gasteiger partial charge in [0.15, 0.2) is 0 Å². The monoisotopic (exact) mass is 301 g/mol. The molecule has 3 rings (SSSR count). The molecule has 0 saturated carbocycles. The first-order valence-corrected chi connectivity index (χ1v) is 7.89. The maximum absolute atomic E-state index is 12.8. The lowest BCUT2D eigenvalue weighted by Crippen LogP contribution is -2.51. The predicted molar refractivity (Wildman–Crippen MR) is 85.3 cm³/mol. The third-order valence-electron chi connectivity index (χ3n) is 4.49. The van der Waals surface area contributed by atoms with Crippen LogP contribution >= 0.6 is 0 Å². The molecule has 1 spiro atoms. The number of benzene rings is 1. The normalized spacial score (nSPS) is 21.4. The van der Waals surface area contributed by atoms with Crippen LogP contribution in [0.5, 0.6) is 0 Å². The van der Waals surface area contributed by atoms with Gasteiger partial charge in [0, 0.05) is 25.0 Å². The van der Waals surface area contributed by atoms with Crippen molar-refractivity contribution in [2.75, 3.05) is 26.4 Å². The summed E-state index contributed by atoms with van der Waals surface area (Å²) in [6.07, 6.45) is 3.47. The third-order valence-corrected chi connectivity index (χ3v) is 4.49. The van der Waals surface area contributed by atoms with Crippen molar-refractivity contribution in [3.05, 3.63) is 41.0 Å². The SMILES string of the molecule is C/C(=C\c1ccc(C)cc1)C(=O)N1CCOC12CCOCC2. The predicted octanol–water partition coefficient (Wildman–Crippen LogP) is 2.76. The van der Waals surface area contributed by atoms with Crippen molar-refractivity contribution >= 4 is 12.0 Å². The minimum absolute atomic E-state index is 0.0694. The van der Waals surface area contributed by atoms with Gasteiger partial charge in [-0.05, 0) is 25.5 Å². The summed E-state index contributed by atoms with van der Waals surface area (Å²) in [7, 11) is 0. The molecule has 2 fully saturated rings. The molecule has 0 N–H and O–H groups in total. The van der Waals surface area contributed by atoms with Crippen molar-refractivity contribution in [1.29, 1.82) is 0 Å². The third kappa shape index (κ3) is 2.94. The highest BCUT2D eigenvalue weighted by atomic mass is 16.5. The van der Waals surface area contributed by atoms with E-state index in [1.165, 1.54) is 5.56 Å². The van der Waals surface area contributed by atoms with Gasteiger partial charge in [0.05, 0.1) is 19.8 Å². The highest BCUT2D eigenvalue weighted by Gasteiger charge is 2.46. The van der Waals surface area contributed by atoms with Crippen LogP contribution in [-0.4, -0.2) is 42.9 Å². The molecular formula is C18H23NO3. The van der Waals surface area contributed by atoms with Crippen molar-refractivity contribution in [2.45, 2.75) is 32.4 Å². The molecule has 2 saturated heterocycles. The van der Waals surface area contributed by atoms with E-state index in [0.717, 1.165) is 24.0 Å². The van der Waals surface area contributed by atoms with E-state index in [9.17, 15) is 4.79 Å². The van der Waals surface area contributed by atoms with Crippen LogP contribution in [0.2, 0.25) is 0 Å².